The minimum absolute atomic E-state index is 0.152. The molecule has 0 spiro atoms. The van der Waals surface area contributed by atoms with Crippen LogP contribution >= 0.6 is 23.4 Å². The fraction of sp³-hybridized carbons (Fsp3) is 0.158. The number of benzene rings is 2. The lowest BCUT2D eigenvalue weighted by Crippen LogP contribution is -2.21. The van der Waals surface area contributed by atoms with Gasteiger partial charge in [-0.25, -0.2) is 14.6 Å². The van der Waals surface area contributed by atoms with Crippen LogP contribution in [0.15, 0.2) is 55.1 Å². The molecule has 0 bridgehead atoms. The first-order valence-electron chi connectivity index (χ1n) is 8.53. The normalized spacial score (nSPS) is 11.1. The van der Waals surface area contributed by atoms with Gasteiger partial charge in [-0.1, -0.05) is 23.7 Å². The summed E-state index contributed by atoms with van der Waals surface area (Å²) in [6.45, 7) is 0.152. The van der Waals surface area contributed by atoms with E-state index in [-0.39, 0.29) is 12.5 Å². The highest BCUT2D eigenvalue weighted by Crippen LogP contribution is 2.24. The van der Waals surface area contributed by atoms with Gasteiger partial charge in [0, 0.05) is 5.02 Å². The lowest BCUT2D eigenvalue weighted by atomic mass is 10.2. The average Bonchev–Trinajstić information content (AvgIpc) is 3.31. The molecule has 0 saturated heterocycles. The number of fused-ring (bicyclic) bond motifs is 1. The maximum absolute atomic E-state index is 12.9. The van der Waals surface area contributed by atoms with Crippen molar-refractivity contribution in [3.63, 3.8) is 0 Å². The highest BCUT2D eigenvalue weighted by Gasteiger charge is 2.15. The number of imidazole rings is 1. The van der Waals surface area contributed by atoms with Crippen LogP contribution in [0.1, 0.15) is 5.82 Å². The van der Waals surface area contributed by atoms with Crippen molar-refractivity contribution < 1.29 is 4.79 Å². The zero-order valence-corrected chi connectivity index (χ0v) is 16.6. The van der Waals surface area contributed by atoms with Crippen LogP contribution in [0.5, 0.6) is 0 Å². The van der Waals surface area contributed by atoms with Crippen molar-refractivity contribution in [3.8, 4) is 5.69 Å². The van der Waals surface area contributed by atoms with Crippen molar-refractivity contribution in [2.75, 3.05) is 11.6 Å². The maximum Gasteiger partial charge on any atom is 0.244 e. The summed E-state index contributed by atoms with van der Waals surface area (Å²) < 4.78 is 3.53. The Labute approximate surface area is 170 Å². The number of amides is 1. The Morgan fingerprint density at radius 2 is 2.11 bits per heavy atom. The van der Waals surface area contributed by atoms with Gasteiger partial charge in [-0.05, 0) is 36.6 Å². The van der Waals surface area contributed by atoms with E-state index in [0.29, 0.717) is 16.4 Å². The molecule has 9 heteroatoms. The monoisotopic (exact) mass is 412 g/mol. The van der Waals surface area contributed by atoms with Crippen molar-refractivity contribution in [2.24, 2.45) is 0 Å². The molecule has 4 rings (SSSR count). The van der Waals surface area contributed by atoms with E-state index < -0.39 is 0 Å². The molecule has 2 aromatic heterocycles. The number of aromatic nitrogens is 5. The smallest absolute Gasteiger partial charge is 0.244 e. The number of hydrogen-bond donors (Lipinski definition) is 1. The lowest BCUT2D eigenvalue weighted by Gasteiger charge is -2.13. The molecule has 0 fully saturated rings. The van der Waals surface area contributed by atoms with Crippen LogP contribution in [0.25, 0.3) is 16.7 Å². The maximum atomic E-state index is 12.9. The first-order chi connectivity index (χ1) is 13.7. The number of carbonyl (C=O) groups is 1. The van der Waals surface area contributed by atoms with Gasteiger partial charge in [0.25, 0.3) is 0 Å². The second-order valence-corrected chi connectivity index (χ2v) is 7.39. The fourth-order valence-corrected chi connectivity index (χ4v) is 3.67. The molecule has 0 aliphatic carbocycles. The van der Waals surface area contributed by atoms with Crippen LogP contribution in [0, 0.1) is 0 Å². The topological polar surface area (TPSA) is 77.6 Å². The van der Waals surface area contributed by atoms with Crippen LogP contribution in [-0.2, 0) is 17.1 Å². The SMILES string of the molecule is CSCc1nc2ccccc2n1CC(=O)Nc1cc(Cl)ccc1-n1cncn1. The highest BCUT2D eigenvalue weighted by atomic mass is 35.5. The molecule has 4 aromatic rings. The largest absolute Gasteiger partial charge is 0.323 e. The Hall–Kier alpha value is -2.84. The van der Waals surface area contributed by atoms with Crippen molar-refractivity contribution in [1.29, 1.82) is 0 Å². The third-order valence-corrected chi connectivity index (χ3v) is 4.99. The number of nitrogens with zero attached hydrogens (tertiary/aromatic N) is 5. The molecule has 2 aromatic carbocycles. The summed E-state index contributed by atoms with van der Waals surface area (Å²) in [4.78, 5) is 21.5. The summed E-state index contributed by atoms with van der Waals surface area (Å²) in [5.74, 6) is 1.42. The number of anilines is 1. The van der Waals surface area contributed by atoms with Crippen LogP contribution in [0.2, 0.25) is 5.02 Å². The standard InChI is InChI=1S/C19H17ClN6OS/c1-28-10-18-23-14-4-2-3-5-16(14)25(18)9-19(27)24-15-8-13(20)6-7-17(15)26-12-21-11-22-26/h2-8,11-12H,9-10H2,1H3,(H,24,27). The van der Waals surface area contributed by atoms with Crippen molar-refractivity contribution in [1.82, 2.24) is 24.3 Å². The first-order valence-corrected chi connectivity index (χ1v) is 10.3. The molecule has 1 amide bonds. The van der Waals surface area contributed by atoms with Gasteiger partial charge in [0.2, 0.25) is 5.91 Å². The van der Waals surface area contributed by atoms with E-state index in [2.05, 4.69) is 20.4 Å². The Kier molecular flexibility index (Phi) is 5.31. The second-order valence-electron chi connectivity index (χ2n) is 6.09. The number of thioether (sulfide) groups is 1. The predicted molar refractivity (Wildman–Crippen MR) is 112 cm³/mol. The first kappa shape index (κ1) is 18.5. The Balaban J connectivity index is 1.63. The fourth-order valence-electron chi connectivity index (χ4n) is 3.02. The molecule has 0 saturated carbocycles. The molecule has 0 aliphatic heterocycles. The molecule has 28 heavy (non-hydrogen) atoms. The van der Waals surface area contributed by atoms with Gasteiger partial charge in [-0.3, -0.25) is 4.79 Å². The minimum atomic E-state index is -0.172. The van der Waals surface area contributed by atoms with E-state index >= 15 is 0 Å². The summed E-state index contributed by atoms with van der Waals surface area (Å²) in [7, 11) is 0. The molecule has 142 valence electrons. The van der Waals surface area contributed by atoms with E-state index in [1.807, 2.05) is 35.1 Å². The second kappa shape index (κ2) is 8.04. The number of hydrogen-bond acceptors (Lipinski definition) is 5. The molecule has 0 aliphatic rings. The van der Waals surface area contributed by atoms with Gasteiger partial charge in [-0.15, -0.1) is 0 Å². The summed E-state index contributed by atoms with van der Waals surface area (Å²) in [6, 6.07) is 13.0. The Bertz CT molecular complexity index is 1120. The number of carbonyl (C=O) groups excluding carboxylic acids is 1. The van der Waals surface area contributed by atoms with Gasteiger partial charge in [-0.2, -0.15) is 16.9 Å². The van der Waals surface area contributed by atoms with E-state index in [1.165, 1.54) is 6.33 Å². The number of rotatable bonds is 6. The third kappa shape index (κ3) is 3.74. The summed E-state index contributed by atoms with van der Waals surface area (Å²) >= 11 is 7.80. The van der Waals surface area contributed by atoms with Gasteiger partial charge < -0.3 is 9.88 Å². The summed E-state index contributed by atoms with van der Waals surface area (Å²) in [5.41, 5.74) is 3.07. The Morgan fingerprint density at radius 3 is 2.89 bits per heavy atom. The summed E-state index contributed by atoms with van der Waals surface area (Å²) in [5, 5.41) is 7.60. The minimum Gasteiger partial charge on any atom is -0.323 e. The van der Waals surface area contributed by atoms with E-state index in [1.54, 1.807) is 41.0 Å². The molecule has 0 radical (unpaired) electrons. The van der Waals surface area contributed by atoms with Gasteiger partial charge >= 0.3 is 0 Å². The van der Waals surface area contributed by atoms with Crippen molar-refractivity contribution in [3.05, 3.63) is 66.0 Å². The molecule has 0 unspecified atom stereocenters. The van der Waals surface area contributed by atoms with Gasteiger partial charge in [0.05, 0.1) is 28.2 Å². The quantitative estimate of drug-likeness (QED) is 0.521. The molecule has 1 N–H and O–H groups in total. The summed E-state index contributed by atoms with van der Waals surface area (Å²) in [6.07, 6.45) is 5.02. The number of nitrogens with one attached hydrogen (secondary N) is 1. The van der Waals surface area contributed by atoms with Crippen molar-refractivity contribution >= 4 is 46.0 Å². The van der Waals surface area contributed by atoms with Crippen LogP contribution < -0.4 is 5.32 Å². The molecule has 2 heterocycles. The Morgan fingerprint density at radius 1 is 1.25 bits per heavy atom. The third-order valence-electron chi connectivity index (χ3n) is 4.21. The average molecular weight is 413 g/mol. The molecular formula is C19H17ClN6OS. The molecule has 7 nitrogen and oxygen atoms in total. The van der Waals surface area contributed by atoms with Gasteiger partial charge in [0.1, 0.15) is 25.0 Å². The molecular weight excluding hydrogens is 396 g/mol. The number of halogens is 1. The number of para-hydroxylation sites is 2. The van der Waals surface area contributed by atoms with Gasteiger partial charge in [0.15, 0.2) is 0 Å². The van der Waals surface area contributed by atoms with Crippen LogP contribution in [0.3, 0.4) is 0 Å². The van der Waals surface area contributed by atoms with Crippen LogP contribution in [-0.4, -0.2) is 36.5 Å². The lowest BCUT2D eigenvalue weighted by molar-refractivity contribution is -0.116. The van der Waals surface area contributed by atoms with Crippen molar-refractivity contribution in [2.45, 2.75) is 12.3 Å². The van der Waals surface area contributed by atoms with E-state index in [4.69, 9.17) is 11.6 Å². The van der Waals surface area contributed by atoms with E-state index in [9.17, 15) is 4.79 Å². The zero-order chi connectivity index (χ0) is 19.5. The zero-order valence-electron chi connectivity index (χ0n) is 15.0. The molecule has 0 atom stereocenters. The van der Waals surface area contributed by atoms with E-state index in [0.717, 1.165) is 22.6 Å². The highest BCUT2D eigenvalue weighted by molar-refractivity contribution is 7.97. The van der Waals surface area contributed by atoms with Crippen LogP contribution in [0.4, 0.5) is 5.69 Å². The predicted octanol–water partition coefficient (Wildman–Crippen LogP) is 3.77.